The van der Waals surface area contributed by atoms with Crippen LogP contribution in [0, 0.1) is 42.2 Å². The first-order valence-corrected chi connectivity index (χ1v) is 37.6. The van der Waals surface area contributed by atoms with Crippen molar-refractivity contribution in [3.05, 3.63) is 148 Å². The number of benzene rings is 6. The van der Waals surface area contributed by atoms with Gasteiger partial charge in [-0.1, -0.05) is 24.8 Å². The lowest BCUT2D eigenvalue weighted by Crippen LogP contribution is -2.08. The molecule has 0 atom stereocenters. The van der Waals surface area contributed by atoms with Gasteiger partial charge in [0.05, 0.1) is 69.7 Å². The van der Waals surface area contributed by atoms with E-state index >= 15 is 0 Å². The van der Waals surface area contributed by atoms with Gasteiger partial charge in [-0.05, 0) is 130 Å². The molecule has 8 N–H and O–H groups in total. The first-order valence-electron chi connectivity index (χ1n) is 29.4. The maximum atomic E-state index is 12.4. The van der Waals surface area contributed by atoms with Gasteiger partial charge in [0.2, 0.25) is 23.7 Å². The van der Waals surface area contributed by atoms with Gasteiger partial charge in [-0.2, -0.15) is 64.1 Å². The Morgan fingerprint density at radius 3 is 1.80 bits per heavy atom. The normalized spacial score (nSPS) is 12.3. The Hall–Kier alpha value is -10.6. The second-order valence-electron chi connectivity index (χ2n) is 21.4. The largest absolute Gasteiger partial charge is 0.497 e. The SMILES string of the molecule is C=CNc1nc(Nc2ccccc2)nc(Nc2cc(N=Nc3cc(OCCCS(=O)(=O)O)c(N=Nc4c(C)c(C#N)c5nc6cc(OC)ccc6n5c4O)cc3C)c(SCCCS(=O)(=O)O)cc2N=Nc2cc(C)c(N=Nc3ccc([N+](=O)[O-])cc3S(=O)(=O)O)cc2SCCCS(=O)(=O)O)n1. The van der Waals surface area contributed by atoms with E-state index in [1.165, 1.54) is 54.1 Å². The van der Waals surface area contributed by atoms with E-state index in [2.05, 4.69) is 89.4 Å². The van der Waals surface area contributed by atoms with E-state index in [0.717, 1.165) is 35.7 Å². The maximum Gasteiger partial charge on any atom is 0.297 e. The lowest BCUT2D eigenvalue weighted by atomic mass is 10.1. The highest BCUT2D eigenvalue weighted by atomic mass is 32.2. The number of azo groups is 4. The van der Waals surface area contributed by atoms with Gasteiger partial charge < -0.3 is 30.5 Å². The van der Waals surface area contributed by atoms with Crippen molar-refractivity contribution in [2.24, 2.45) is 40.9 Å². The van der Waals surface area contributed by atoms with Gasteiger partial charge >= 0.3 is 0 Å². The summed E-state index contributed by atoms with van der Waals surface area (Å²) in [7, 11) is -16.9. The minimum Gasteiger partial charge on any atom is -0.497 e. The molecule has 41 heteroatoms. The summed E-state index contributed by atoms with van der Waals surface area (Å²) in [5.74, 6) is -1.87. The van der Waals surface area contributed by atoms with Crippen LogP contribution in [-0.2, 0) is 40.5 Å². The Morgan fingerprint density at radius 1 is 0.644 bits per heavy atom. The number of imidazole rings is 1. The number of nitro groups is 1. The van der Waals surface area contributed by atoms with Gasteiger partial charge in [0.1, 0.15) is 50.8 Å². The Labute approximate surface area is 584 Å². The Kier molecular flexibility index (Phi) is 23.8. The summed E-state index contributed by atoms with van der Waals surface area (Å²) in [4.78, 5) is 28.4. The van der Waals surface area contributed by atoms with Crippen LogP contribution in [0.2, 0.25) is 0 Å². The van der Waals surface area contributed by atoms with Crippen molar-refractivity contribution >= 4 is 161 Å². The summed E-state index contributed by atoms with van der Waals surface area (Å²) < 4.78 is 147. The first-order chi connectivity index (χ1) is 47.9. The van der Waals surface area contributed by atoms with Crippen LogP contribution in [0.25, 0.3) is 16.7 Å². The third-order valence-electron chi connectivity index (χ3n) is 14.0. The fraction of sp³-hybridized carbons (Fsp3) is 0.217. The summed E-state index contributed by atoms with van der Waals surface area (Å²) in [6.07, 6.45) is 0.977. The average molecular weight is 1500 g/mol. The number of aromatic nitrogens is 5. The molecule has 0 saturated carbocycles. The van der Waals surface area contributed by atoms with Gasteiger partial charge in [-0.3, -0.25) is 32.7 Å². The highest BCUT2D eigenvalue weighted by Crippen LogP contribution is 2.46. The Bertz CT molecular complexity index is 5370. The van der Waals surface area contributed by atoms with Gasteiger partial charge in [-0.15, -0.1) is 54.2 Å². The molecule has 3 aromatic heterocycles. The topological polar surface area (TPSA) is 514 Å². The Morgan fingerprint density at radius 2 is 1.20 bits per heavy atom. The van der Waals surface area contributed by atoms with Crippen molar-refractivity contribution < 1.29 is 71.4 Å². The molecule has 0 aliphatic heterocycles. The summed E-state index contributed by atoms with van der Waals surface area (Å²) in [5.41, 5.74) is 1.84. The number of nitrogens with zero attached hydrogens (tertiary/aromatic N) is 15. The number of hydrogen-bond acceptors (Lipinski definition) is 31. The van der Waals surface area contributed by atoms with E-state index in [9.17, 15) is 72.4 Å². The van der Waals surface area contributed by atoms with E-state index < -0.39 is 84.8 Å². The molecule has 3 heterocycles. The lowest BCUT2D eigenvalue weighted by molar-refractivity contribution is -0.385. The van der Waals surface area contributed by atoms with E-state index in [1.54, 1.807) is 69.3 Å². The molecule has 35 nitrogen and oxygen atoms in total. The van der Waals surface area contributed by atoms with Crippen LogP contribution in [0.4, 0.5) is 80.4 Å². The molecule has 0 saturated heterocycles. The highest BCUT2D eigenvalue weighted by molar-refractivity contribution is 7.99. The summed E-state index contributed by atoms with van der Waals surface area (Å²) >= 11 is 2.12. The number of nitriles is 1. The minimum atomic E-state index is -5.07. The van der Waals surface area contributed by atoms with Crippen molar-refractivity contribution in [1.29, 1.82) is 5.26 Å². The molecule has 0 spiro atoms. The van der Waals surface area contributed by atoms with E-state index in [4.69, 9.17) is 9.47 Å². The molecule has 0 unspecified atom stereocenters. The van der Waals surface area contributed by atoms with Crippen molar-refractivity contribution in [2.45, 2.75) is 54.7 Å². The van der Waals surface area contributed by atoms with Crippen LogP contribution in [0.5, 0.6) is 17.4 Å². The second-order valence-corrected chi connectivity index (χ2v) is 29.8. The minimum absolute atomic E-state index is 0.0128. The number of thioether (sulfide) groups is 2. The molecular weight excluding hydrogens is 1440 g/mol. The Balaban J connectivity index is 1.19. The molecule has 9 aromatic rings. The zero-order valence-corrected chi connectivity index (χ0v) is 58.2. The number of rotatable bonds is 32. The van der Waals surface area contributed by atoms with Crippen molar-refractivity contribution in [2.75, 3.05) is 58.4 Å². The molecule has 0 bridgehead atoms. The number of aryl methyl sites for hydroxylation is 2. The number of nitro benzene ring substituents is 1. The molecule has 0 aliphatic carbocycles. The van der Waals surface area contributed by atoms with Crippen LogP contribution in [-0.4, -0.2) is 129 Å². The average Bonchev–Trinajstić information content (AvgIpc) is 1.60. The standard InChI is InChI=1S/C60H58N18O17S6/c1-6-62-58-66-59(63-37-13-8-7-9-14-37)68-60(67-58)65-44-29-49(75-70-42-30-51(95-19-10-22-98(82,83)84)47(25-34(42)2)73-76-55-36(4)40(33-61)56-64-46-28-39(94-5)16-18-50(46)77(56)57(55)79)53(97-21-12-24-100(88,89)90)32-45(44)72-74-48-26-35(3)43(31-52(48)96-20-11-23-99(85,86)87)71-69-41-17-15-38(78(80)81)27-54(41)101(91,92)93/h6-9,13-18,25-32,79H,1,10-12,19-24H2,2-5H3,(H,82,83,84)(H,85,86,87)(H,88,89,90)(H,91,92,93)(H3,62,63,65,66,67,68). The fourth-order valence-corrected chi connectivity index (χ4v) is 13.7. The predicted molar refractivity (Wildman–Crippen MR) is 375 cm³/mol. The van der Waals surface area contributed by atoms with E-state index in [0.29, 0.717) is 39.7 Å². The van der Waals surface area contributed by atoms with Crippen LogP contribution in [0.1, 0.15) is 41.5 Å². The van der Waals surface area contributed by atoms with Crippen LogP contribution in [0.3, 0.4) is 0 Å². The predicted octanol–water partition coefficient (Wildman–Crippen LogP) is 14.4. The number of fused-ring (bicyclic) bond motifs is 3. The summed E-state index contributed by atoms with van der Waals surface area (Å²) in [6, 6.07) is 27.3. The zero-order chi connectivity index (χ0) is 73.0. The van der Waals surface area contributed by atoms with Crippen molar-refractivity contribution in [3.8, 4) is 23.4 Å². The third kappa shape index (κ3) is 20.1. The van der Waals surface area contributed by atoms with Gasteiger partial charge in [0.15, 0.2) is 11.3 Å². The number of hydrogen-bond donors (Lipinski definition) is 8. The fourth-order valence-electron chi connectivity index (χ4n) is 9.26. The molecule has 6 aromatic carbocycles. The highest BCUT2D eigenvalue weighted by Gasteiger charge is 2.25. The summed E-state index contributed by atoms with van der Waals surface area (Å²) in [6.45, 7) is 8.19. The number of anilines is 5. The molecule has 101 heavy (non-hydrogen) atoms. The number of methoxy groups -OCH3 is 1. The zero-order valence-electron chi connectivity index (χ0n) is 53.3. The number of aromatic hydroxyl groups is 1. The molecule has 0 aliphatic rings. The number of non-ortho nitro benzene ring substituents is 1. The molecule has 0 radical (unpaired) electrons. The second kappa shape index (κ2) is 32.2. The van der Waals surface area contributed by atoms with Crippen LogP contribution < -0.4 is 25.4 Å². The molecule has 0 fully saturated rings. The maximum absolute atomic E-state index is 12.4. The number of pyridine rings is 1. The van der Waals surface area contributed by atoms with Crippen LogP contribution >= 0.6 is 23.5 Å². The third-order valence-corrected chi connectivity index (χ3v) is 19.6. The smallest absolute Gasteiger partial charge is 0.297 e. The molecule has 0 amide bonds. The van der Waals surface area contributed by atoms with Gasteiger partial charge in [0, 0.05) is 45.3 Å². The molecule has 9 rings (SSSR count). The quantitative estimate of drug-likeness (QED) is 0.00485. The van der Waals surface area contributed by atoms with Gasteiger partial charge in [0.25, 0.3) is 46.2 Å². The molecule has 526 valence electrons. The van der Waals surface area contributed by atoms with Crippen LogP contribution in [0.15, 0.2) is 172 Å². The van der Waals surface area contributed by atoms with Gasteiger partial charge in [-0.25, -0.2) is 4.98 Å². The number of nitrogens with one attached hydrogen (secondary N) is 3. The van der Waals surface area contributed by atoms with Crippen molar-refractivity contribution in [1.82, 2.24) is 24.3 Å². The number of ether oxygens (including phenoxy) is 2. The molecular formula is C60H58N18O17S6. The van der Waals surface area contributed by atoms with Crippen molar-refractivity contribution in [3.63, 3.8) is 0 Å². The first kappa shape index (κ1) is 74.7. The van der Waals surface area contributed by atoms with E-state index in [1.807, 2.05) is 0 Å². The lowest BCUT2D eigenvalue weighted by Gasteiger charge is -2.14. The summed E-state index contributed by atoms with van der Waals surface area (Å²) in [5, 5.41) is 78.4. The monoisotopic (exact) mass is 1490 g/mol. The number of para-hydroxylation sites is 1. The van der Waals surface area contributed by atoms with E-state index in [-0.39, 0.29) is 133 Å².